The molecule has 0 saturated carbocycles. The van der Waals surface area contributed by atoms with Crippen LogP contribution in [0.15, 0.2) is 0 Å². The van der Waals surface area contributed by atoms with E-state index >= 15 is 0 Å². The topological polar surface area (TPSA) is 52.6 Å². The number of esters is 2. The molecule has 8 heteroatoms. The third-order valence-electron chi connectivity index (χ3n) is 6.00. The van der Waals surface area contributed by atoms with Crippen molar-refractivity contribution in [1.29, 1.82) is 0 Å². The molecule has 0 spiro atoms. The lowest BCUT2D eigenvalue weighted by atomic mass is 10.1. The Kier molecular flexibility index (Phi) is 31.9. The molecule has 0 aliphatic carbocycles. The van der Waals surface area contributed by atoms with E-state index in [1.807, 2.05) is 0 Å². The fourth-order valence-corrected chi connectivity index (χ4v) is 9.15. The van der Waals surface area contributed by atoms with E-state index in [0.717, 1.165) is 25.7 Å². The Labute approximate surface area is 238 Å². The zero-order chi connectivity index (χ0) is 26.4. The van der Waals surface area contributed by atoms with Gasteiger partial charge in [0.1, 0.15) is 11.5 Å². The van der Waals surface area contributed by atoms with Gasteiger partial charge in [-0.3, -0.25) is 9.59 Å². The van der Waals surface area contributed by atoms with E-state index < -0.39 is 0 Å². The van der Waals surface area contributed by atoms with Gasteiger partial charge in [-0.05, 0) is 32.5 Å². The number of carbonyl (C=O) groups is 2. The molecule has 0 aromatic rings. The molecule has 214 valence electrons. The third kappa shape index (κ3) is 30.6. The summed E-state index contributed by atoms with van der Waals surface area (Å²) in [6.45, 7) is 5.58. The Hall–Kier alpha value is 0.340. The number of hydrogen-bond donors (Lipinski definition) is 0. The minimum Gasteiger partial charge on any atom is -0.465 e. The molecule has 0 radical (unpaired) electrons. The monoisotopic (exact) mass is 582 g/mol. The van der Waals surface area contributed by atoms with E-state index in [-0.39, 0.29) is 11.9 Å². The molecule has 36 heavy (non-hydrogen) atoms. The molecule has 0 atom stereocenters. The van der Waals surface area contributed by atoms with Crippen molar-refractivity contribution >= 4 is 53.2 Å². The Balaban J connectivity index is 3.26. The lowest BCUT2D eigenvalue weighted by molar-refractivity contribution is -0.141. The molecule has 0 amide bonds. The van der Waals surface area contributed by atoms with E-state index in [0.29, 0.717) is 24.7 Å². The SMILES string of the molecule is CCCCCCCCCCCCOC(=O)CSSSSCC(=O)OCCCCCCCCCCCC. The summed E-state index contributed by atoms with van der Waals surface area (Å²) in [7, 11) is 5.96. The maximum atomic E-state index is 11.8. The van der Waals surface area contributed by atoms with Crippen molar-refractivity contribution in [3.8, 4) is 0 Å². The molecular weight excluding hydrogens is 529 g/mol. The minimum atomic E-state index is -0.148. The van der Waals surface area contributed by atoms with Crippen LogP contribution in [0.4, 0.5) is 0 Å². The number of ether oxygens (including phenoxy) is 2. The molecule has 0 bridgehead atoms. The average Bonchev–Trinajstić information content (AvgIpc) is 2.87. The van der Waals surface area contributed by atoms with Crippen LogP contribution in [0.1, 0.15) is 142 Å². The normalized spacial score (nSPS) is 11.1. The van der Waals surface area contributed by atoms with Crippen LogP contribution in [0.5, 0.6) is 0 Å². The molecule has 0 aliphatic heterocycles. The van der Waals surface area contributed by atoms with Gasteiger partial charge >= 0.3 is 11.9 Å². The molecule has 4 nitrogen and oxygen atoms in total. The Morgan fingerprint density at radius 1 is 0.444 bits per heavy atom. The van der Waals surface area contributed by atoms with Crippen molar-refractivity contribution in [2.75, 3.05) is 24.7 Å². The number of unbranched alkanes of at least 4 members (excludes halogenated alkanes) is 18. The summed E-state index contributed by atoms with van der Waals surface area (Å²) in [6.07, 6.45) is 25.6. The number of rotatable bonds is 29. The van der Waals surface area contributed by atoms with E-state index in [2.05, 4.69) is 13.8 Å². The fraction of sp³-hybridized carbons (Fsp3) is 0.929. The minimum absolute atomic E-state index is 0.148. The van der Waals surface area contributed by atoms with Crippen LogP contribution in [-0.4, -0.2) is 36.7 Å². The summed E-state index contributed by atoms with van der Waals surface area (Å²) in [4.78, 5) is 23.6. The summed E-state index contributed by atoms with van der Waals surface area (Å²) < 4.78 is 10.6. The van der Waals surface area contributed by atoms with Crippen LogP contribution >= 0.6 is 41.2 Å². The highest BCUT2D eigenvalue weighted by molar-refractivity contribution is 9.26. The second kappa shape index (κ2) is 31.6. The lowest BCUT2D eigenvalue weighted by Crippen LogP contribution is -2.08. The first-order chi connectivity index (χ1) is 17.7. The standard InChI is InChI=1S/C28H54O4S4/c1-3-5-7-9-11-13-15-17-19-21-23-31-27(29)25-33-35-36-34-26-28(30)32-24-22-20-18-16-14-12-10-8-6-4-2/h3-26H2,1-2H3. The molecule has 0 heterocycles. The quantitative estimate of drug-likeness (QED) is 0.0490. The van der Waals surface area contributed by atoms with Gasteiger partial charge in [0, 0.05) is 0 Å². The molecule has 0 aromatic carbocycles. The van der Waals surface area contributed by atoms with E-state index in [4.69, 9.17) is 9.47 Å². The van der Waals surface area contributed by atoms with Gasteiger partial charge in [-0.25, -0.2) is 0 Å². The predicted octanol–water partition coefficient (Wildman–Crippen LogP) is 10.6. The van der Waals surface area contributed by atoms with Crippen molar-refractivity contribution < 1.29 is 19.1 Å². The molecule has 0 rings (SSSR count). The Morgan fingerprint density at radius 2 is 0.722 bits per heavy atom. The lowest BCUT2D eigenvalue weighted by Gasteiger charge is -2.05. The Morgan fingerprint density at radius 3 is 1.03 bits per heavy atom. The fourth-order valence-electron chi connectivity index (χ4n) is 3.82. The molecule has 0 saturated heterocycles. The molecular formula is C28H54O4S4. The van der Waals surface area contributed by atoms with Gasteiger partial charge in [-0.1, -0.05) is 151 Å². The first-order valence-electron chi connectivity index (χ1n) is 14.6. The highest BCUT2D eigenvalue weighted by Gasteiger charge is 2.06. The van der Waals surface area contributed by atoms with Crippen LogP contribution in [0.3, 0.4) is 0 Å². The van der Waals surface area contributed by atoms with Gasteiger partial charge < -0.3 is 9.47 Å². The third-order valence-corrected chi connectivity index (χ3v) is 12.1. The largest absolute Gasteiger partial charge is 0.465 e. The highest BCUT2D eigenvalue weighted by Crippen LogP contribution is 2.42. The van der Waals surface area contributed by atoms with Crippen molar-refractivity contribution in [2.45, 2.75) is 142 Å². The summed E-state index contributed by atoms with van der Waals surface area (Å²) >= 11 is 0. The van der Waals surface area contributed by atoms with Gasteiger partial charge in [-0.15, -0.1) is 0 Å². The van der Waals surface area contributed by atoms with Gasteiger partial charge in [-0.2, -0.15) is 0 Å². The first-order valence-corrected chi connectivity index (χ1v) is 19.7. The summed E-state index contributed by atoms with van der Waals surface area (Å²) in [5, 5.41) is 0. The molecule has 0 aromatic heterocycles. The molecule has 0 aliphatic rings. The van der Waals surface area contributed by atoms with Crippen molar-refractivity contribution in [1.82, 2.24) is 0 Å². The van der Waals surface area contributed by atoms with Crippen LogP contribution in [0.2, 0.25) is 0 Å². The van der Waals surface area contributed by atoms with Crippen LogP contribution < -0.4 is 0 Å². The van der Waals surface area contributed by atoms with Crippen LogP contribution in [-0.2, 0) is 19.1 Å². The predicted molar refractivity (Wildman–Crippen MR) is 166 cm³/mol. The Bertz CT molecular complexity index is 438. The van der Waals surface area contributed by atoms with E-state index in [1.54, 1.807) is 0 Å². The first kappa shape index (κ1) is 36.3. The number of carbonyl (C=O) groups excluding carboxylic acids is 2. The molecule has 0 unspecified atom stereocenters. The number of hydrogen-bond acceptors (Lipinski definition) is 8. The molecule has 0 N–H and O–H groups in total. The van der Waals surface area contributed by atoms with Gasteiger partial charge in [0.2, 0.25) is 0 Å². The summed E-state index contributed by atoms with van der Waals surface area (Å²) in [5.41, 5.74) is 0. The van der Waals surface area contributed by atoms with Crippen molar-refractivity contribution in [2.24, 2.45) is 0 Å². The summed E-state index contributed by atoms with van der Waals surface area (Å²) in [6, 6.07) is 0. The van der Waals surface area contributed by atoms with Gasteiger partial charge in [0.25, 0.3) is 0 Å². The van der Waals surface area contributed by atoms with Gasteiger partial charge in [0.05, 0.1) is 13.2 Å². The maximum Gasteiger partial charge on any atom is 0.316 e. The maximum absolute atomic E-state index is 11.8. The van der Waals surface area contributed by atoms with E-state index in [9.17, 15) is 9.59 Å². The van der Waals surface area contributed by atoms with Crippen molar-refractivity contribution in [3.05, 3.63) is 0 Å². The second-order valence-corrected chi connectivity index (χ2v) is 15.5. The van der Waals surface area contributed by atoms with Crippen LogP contribution in [0, 0.1) is 0 Å². The van der Waals surface area contributed by atoms with Crippen molar-refractivity contribution in [3.63, 3.8) is 0 Å². The van der Waals surface area contributed by atoms with Crippen LogP contribution in [0.25, 0.3) is 0 Å². The zero-order valence-corrected chi connectivity index (χ0v) is 26.5. The smallest absolute Gasteiger partial charge is 0.316 e. The highest BCUT2D eigenvalue weighted by atomic mass is 33.7. The average molecular weight is 583 g/mol. The van der Waals surface area contributed by atoms with Gasteiger partial charge in [0.15, 0.2) is 0 Å². The summed E-state index contributed by atoms with van der Waals surface area (Å²) in [5.74, 6) is 0.396. The second-order valence-electron chi connectivity index (χ2n) is 9.47. The molecule has 0 fully saturated rings. The zero-order valence-electron chi connectivity index (χ0n) is 23.2. The van der Waals surface area contributed by atoms with E-state index in [1.165, 1.54) is 144 Å².